The summed E-state index contributed by atoms with van der Waals surface area (Å²) in [6.45, 7) is 11.7. The summed E-state index contributed by atoms with van der Waals surface area (Å²) in [4.78, 5) is 16.9. The van der Waals surface area contributed by atoms with E-state index in [1.807, 2.05) is 27.0 Å². The summed E-state index contributed by atoms with van der Waals surface area (Å²) in [5.74, 6) is -0.135. The van der Waals surface area contributed by atoms with Gasteiger partial charge < -0.3 is 9.64 Å². The van der Waals surface area contributed by atoms with E-state index in [1.54, 1.807) is 0 Å². The molecule has 4 fully saturated rings. The molecule has 1 aromatic carbocycles. The third-order valence-corrected chi connectivity index (χ3v) is 7.70. The molecular formula is C27H38N4O2. The largest absolute Gasteiger partial charge is 0.459 e. The van der Waals surface area contributed by atoms with Gasteiger partial charge in [0.2, 0.25) is 0 Å². The highest BCUT2D eigenvalue weighted by molar-refractivity contribution is 5.81. The molecule has 4 saturated heterocycles. The zero-order chi connectivity index (χ0) is 23.1. The molecule has 0 aliphatic carbocycles. The molecule has 2 bridgehead atoms. The van der Waals surface area contributed by atoms with Crippen LogP contribution in [0.2, 0.25) is 0 Å². The number of piperidine rings is 4. The highest BCUT2D eigenvalue weighted by Crippen LogP contribution is 2.41. The van der Waals surface area contributed by atoms with Crippen molar-refractivity contribution in [2.45, 2.75) is 64.5 Å². The Bertz CT molecular complexity index is 1000. The second-order valence-corrected chi connectivity index (χ2v) is 11.3. The van der Waals surface area contributed by atoms with Gasteiger partial charge in [0.05, 0.1) is 24.3 Å². The fourth-order valence-electron chi connectivity index (χ4n) is 5.72. The van der Waals surface area contributed by atoms with E-state index in [4.69, 9.17) is 9.84 Å². The minimum absolute atomic E-state index is 0.135. The maximum absolute atomic E-state index is 12.2. The molecule has 2 aromatic rings. The molecule has 6 heteroatoms. The van der Waals surface area contributed by atoms with Crippen LogP contribution in [0.5, 0.6) is 0 Å². The average Bonchev–Trinajstić information content (AvgIpc) is 3.22. The number of hydrogen-bond acceptors (Lipinski definition) is 5. The molecule has 0 atom stereocenters. The Morgan fingerprint density at radius 2 is 1.82 bits per heavy atom. The number of ether oxygens (including phenoxy) is 1. The number of carbonyl (C=O) groups is 1. The quantitative estimate of drug-likeness (QED) is 0.627. The number of aromatic nitrogens is 2. The van der Waals surface area contributed by atoms with Crippen LogP contribution in [-0.4, -0.2) is 70.4 Å². The number of carbonyl (C=O) groups excluding carboxylic acids is 1. The molecule has 6 nitrogen and oxygen atoms in total. The van der Waals surface area contributed by atoms with Gasteiger partial charge in [-0.25, -0.2) is 0 Å². The van der Waals surface area contributed by atoms with Crippen LogP contribution in [0.1, 0.15) is 64.5 Å². The molecule has 5 heterocycles. The Morgan fingerprint density at radius 3 is 2.48 bits per heavy atom. The van der Waals surface area contributed by atoms with Gasteiger partial charge in [-0.3, -0.25) is 14.4 Å². The van der Waals surface area contributed by atoms with Crippen molar-refractivity contribution >= 4 is 22.9 Å². The molecule has 0 radical (unpaired) electrons. The lowest BCUT2D eigenvalue weighted by molar-refractivity contribution is -0.156. The molecule has 4 aliphatic rings. The van der Waals surface area contributed by atoms with E-state index in [1.165, 1.54) is 55.4 Å². The summed E-state index contributed by atoms with van der Waals surface area (Å²) in [6.07, 6.45) is 12.8. The van der Waals surface area contributed by atoms with Crippen molar-refractivity contribution in [1.29, 1.82) is 0 Å². The third-order valence-electron chi connectivity index (χ3n) is 7.70. The lowest BCUT2D eigenvalue weighted by Gasteiger charge is -2.47. The van der Waals surface area contributed by atoms with Gasteiger partial charge in [-0.2, -0.15) is 5.10 Å². The summed E-state index contributed by atoms with van der Waals surface area (Å²) in [7, 11) is 0. The number of benzene rings is 1. The van der Waals surface area contributed by atoms with E-state index in [-0.39, 0.29) is 5.97 Å². The highest BCUT2D eigenvalue weighted by atomic mass is 16.6. The number of esters is 1. The summed E-state index contributed by atoms with van der Waals surface area (Å²) < 4.78 is 7.67. The van der Waals surface area contributed by atoms with Crippen molar-refractivity contribution in [3.8, 4) is 0 Å². The molecule has 6 rings (SSSR count). The highest BCUT2D eigenvalue weighted by Gasteiger charge is 2.37. The van der Waals surface area contributed by atoms with E-state index in [2.05, 4.69) is 44.8 Å². The van der Waals surface area contributed by atoms with Crippen LogP contribution in [0.3, 0.4) is 0 Å². The van der Waals surface area contributed by atoms with Gasteiger partial charge in [-0.05, 0) is 95.6 Å². The van der Waals surface area contributed by atoms with Gasteiger partial charge in [0.25, 0.3) is 0 Å². The second-order valence-electron chi connectivity index (χ2n) is 11.3. The minimum Gasteiger partial charge on any atom is -0.459 e. The van der Waals surface area contributed by atoms with Gasteiger partial charge in [-0.1, -0.05) is 18.2 Å². The normalized spacial score (nSPS) is 26.9. The van der Waals surface area contributed by atoms with Crippen LogP contribution in [0.4, 0.5) is 0 Å². The first-order chi connectivity index (χ1) is 15.8. The Kier molecular flexibility index (Phi) is 6.08. The molecular weight excluding hydrogens is 412 g/mol. The number of fused-ring (bicyclic) bond motifs is 4. The number of rotatable bonds is 5. The molecule has 33 heavy (non-hydrogen) atoms. The molecule has 178 valence electrons. The van der Waals surface area contributed by atoms with Gasteiger partial charge in [0.1, 0.15) is 5.60 Å². The van der Waals surface area contributed by atoms with E-state index < -0.39 is 5.60 Å². The maximum Gasteiger partial charge on any atom is 0.320 e. The Labute approximate surface area is 197 Å². The fourth-order valence-corrected chi connectivity index (χ4v) is 5.72. The average molecular weight is 451 g/mol. The molecule has 0 spiro atoms. The number of allylic oxidation sites excluding steroid dienone is 1. The van der Waals surface area contributed by atoms with Gasteiger partial charge in [0.15, 0.2) is 0 Å². The lowest BCUT2D eigenvalue weighted by Crippen LogP contribution is -2.47. The summed E-state index contributed by atoms with van der Waals surface area (Å²) in [6, 6.07) is 7.13. The Morgan fingerprint density at radius 1 is 1.12 bits per heavy atom. The van der Waals surface area contributed by atoms with Crippen LogP contribution in [-0.2, 0) is 9.53 Å². The SMILES string of the molecule is CC(C)(C)OC(=O)CN1CCC(n2ncc3cc(C=CC45CCN(CC4)CC5)ccc32)CC1. The monoisotopic (exact) mass is 450 g/mol. The van der Waals surface area contributed by atoms with Crippen molar-refractivity contribution < 1.29 is 9.53 Å². The first-order valence-corrected chi connectivity index (χ1v) is 12.6. The van der Waals surface area contributed by atoms with Crippen molar-refractivity contribution in [3.05, 3.63) is 36.0 Å². The van der Waals surface area contributed by atoms with Crippen LogP contribution in [0.25, 0.3) is 17.0 Å². The van der Waals surface area contributed by atoms with Gasteiger partial charge in [0, 0.05) is 18.5 Å². The number of likely N-dealkylation sites (tertiary alicyclic amines) is 1. The van der Waals surface area contributed by atoms with Crippen LogP contribution >= 0.6 is 0 Å². The lowest BCUT2D eigenvalue weighted by atomic mass is 9.72. The summed E-state index contributed by atoms with van der Waals surface area (Å²) >= 11 is 0. The summed E-state index contributed by atoms with van der Waals surface area (Å²) in [5.41, 5.74) is 2.48. The minimum atomic E-state index is -0.425. The maximum atomic E-state index is 12.2. The van der Waals surface area contributed by atoms with Gasteiger partial charge in [-0.15, -0.1) is 0 Å². The standard InChI is InChI=1S/C27H38N4O2/c1-26(2,3)33-25(32)20-30-13-7-23(8-14-30)31-24-5-4-21(18-22(24)19-28-31)6-9-27-10-15-29(16-11-27)17-12-27/h4-6,9,18-19,23H,7-8,10-17,20H2,1-3H3. The Balaban J connectivity index is 1.21. The first-order valence-electron chi connectivity index (χ1n) is 12.6. The van der Waals surface area contributed by atoms with Gasteiger partial charge >= 0.3 is 5.97 Å². The zero-order valence-corrected chi connectivity index (χ0v) is 20.4. The molecule has 0 N–H and O–H groups in total. The van der Waals surface area contributed by atoms with Crippen LogP contribution in [0, 0.1) is 5.41 Å². The Hall–Kier alpha value is -2.18. The fraction of sp³-hybridized carbons (Fsp3) is 0.630. The van der Waals surface area contributed by atoms with Crippen molar-refractivity contribution in [1.82, 2.24) is 19.6 Å². The van der Waals surface area contributed by atoms with E-state index >= 15 is 0 Å². The van der Waals surface area contributed by atoms with Crippen molar-refractivity contribution in [2.75, 3.05) is 39.3 Å². The van der Waals surface area contributed by atoms with E-state index in [0.29, 0.717) is 18.0 Å². The summed E-state index contributed by atoms with van der Waals surface area (Å²) in [5, 5.41) is 5.97. The molecule has 0 saturated carbocycles. The zero-order valence-electron chi connectivity index (χ0n) is 20.4. The first kappa shape index (κ1) is 22.6. The van der Waals surface area contributed by atoms with E-state index in [0.717, 1.165) is 25.9 Å². The van der Waals surface area contributed by atoms with Crippen molar-refractivity contribution in [3.63, 3.8) is 0 Å². The predicted molar refractivity (Wildman–Crippen MR) is 132 cm³/mol. The van der Waals surface area contributed by atoms with Crippen molar-refractivity contribution in [2.24, 2.45) is 5.41 Å². The molecule has 4 aliphatic heterocycles. The number of hydrogen-bond donors (Lipinski definition) is 0. The number of nitrogens with zero attached hydrogens (tertiary/aromatic N) is 4. The smallest absolute Gasteiger partial charge is 0.320 e. The molecule has 1 aromatic heterocycles. The molecule has 0 unspecified atom stereocenters. The third kappa shape index (κ3) is 5.17. The predicted octanol–water partition coefficient (Wildman–Crippen LogP) is 4.51. The van der Waals surface area contributed by atoms with Crippen LogP contribution in [0.15, 0.2) is 30.5 Å². The molecule has 0 amide bonds. The van der Waals surface area contributed by atoms with Crippen LogP contribution < -0.4 is 0 Å². The van der Waals surface area contributed by atoms with E-state index in [9.17, 15) is 4.79 Å². The second kappa shape index (κ2) is 8.88. The topological polar surface area (TPSA) is 50.6 Å².